The summed E-state index contributed by atoms with van der Waals surface area (Å²) in [4.78, 5) is 8.02. The summed E-state index contributed by atoms with van der Waals surface area (Å²) in [6, 6.07) is 0.111. The lowest BCUT2D eigenvalue weighted by molar-refractivity contribution is 0.190. The van der Waals surface area contributed by atoms with E-state index in [1.807, 2.05) is 6.92 Å². The van der Waals surface area contributed by atoms with E-state index in [0.717, 1.165) is 0 Å². The molecular formula is C9H17N5O2. The van der Waals surface area contributed by atoms with Crippen molar-refractivity contribution in [2.75, 3.05) is 31.6 Å². The maximum Gasteiger partial charge on any atom is 0.205 e. The fraction of sp³-hybridized carbons (Fsp3) is 0.556. The highest BCUT2D eigenvalue weighted by Gasteiger charge is 2.12. The van der Waals surface area contributed by atoms with Crippen LogP contribution in [0.3, 0.4) is 0 Å². The van der Waals surface area contributed by atoms with Gasteiger partial charge in [-0.15, -0.1) is 0 Å². The van der Waals surface area contributed by atoms with Crippen molar-refractivity contribution in [2.24, 2.45) is 5.84 Å². The van der Waals surface area contributed by atoms with Gasteiger partial charge in [-0.1, -0.05) is 0 Å². The van der Waals surface area contributed by atoms with E-state index in [1.54, 1.807) is 7.11 Å². The van der Waals surface area contributed by atoms with Gasteiger partial charge in [-0.2, -0.15) is 0 Å². The third-order valence-corrected chi connectivity index (χ3v) is 1.94. The summed E-state index contributed by atoms with van der Waals surface area (Å²) >= 11 is 0. The van der Waals surface area contributed by atoms with Gasteiger partial charge in [0.1, 0.15) is 6.33 Å². The Kier molecular flexibility index (Phi) is 4.74. The smallest absolute Gasteiger partial charge is 0.205 e. The molecule has 1 aromatic rings. The molecule has 16 heavy (non-hydrogen) atoms. The lowest BCUT2D eigenvalue weighted by Crippen LogP contribution is -2.22. The van der Waals surface area contributed by atoms with E-state index in [2.05, 4.69) is 20.7 Å². The number of nitrogens with one attached hydrogen (secondary N) is 2. The second-order valence-corrected chi connectivity index (χ2v) is 3.25. The number of nitrogen functional groups attached to an aromatic ring is 1. The molecule has 0 saturated carbocycles. The predicted molar refractivity (Wildman–Crippen MR) is 61.4 cm³/mol. The van der Waals surface area contributed by atoms with Crippen LogP contribution in [0, 0.1) is 0 Å². The van der Waals surface area contributed by atoms with Gasteiger partial charge in [-0.25, -0.2) is 15.8 Å². The van der Waals surface area contributed by atoms with Crippen molar-refractivity contribution < 1.29 is 9.47 Å². The van der Waals surface area contributed by atoms with Gasteiger partial charge in [-0.3, -0.25) is 0 Å². The lowest BCUT2D eigenvalue weighted by Gasteiger charge is -2.16. The van der Waals surface area contributed by atoms with Crippen molar-refractivity contribution in [3.05, 3.63) is 6.33 Å². The van der Waals surface area contributed by atoms with E-state index in [-0.39, 0.29) is 6.04 Å². The fourth-order valence-electron chi connectivity index (χ4n) is 1.30. The van der Waals surface area contributed by atoms with E-state index in [0.29, 0.717) is 24.0 Å². The highest BCUT2D eigenvalue weighted by Crippen LogP contribution is 2.28. The largest absolute Gasteiger partial charge is 0.490 e. The number of hydrogen-bond donors (Lipinski definition) is 3. The van der Waals surface area contributed by atoms with Crippen molar-refractivity contribution in [2.45, 2.75) is 13.0 Å². The predicted octanol–water partition coefficient (Wildman–Crippen LogP) is 0.218. The summed E-state index contributed by atoms with van der Waals surface area (Å²) in [6.45, 7) is 2.54. The molecule has 0 aliphatic heterocycles. The number of nitrogens with zero attached hydrogens (tertiary/aromatic N) is 2. The average Bonchev–Trinajstić information content (AvgIpc) is 2.29. The molecule has 1 aromatic heterocycles. The van der Waals surface area contributed by atoms with E-state index in [4.69, 9.17) is 15.3 Å². The molecule has 7 heteroatoms. The van der Waals surface area contributed by atoms with Crippen LogP contribution in [0.15, 0.2) is 6.33 Å². The molecule has 0 bridgehead atoms. The molecule has 0 aliphatic rings. The maximum absolute atomic E-state index is 5.31. The molecular weight excluding hydrogens is 210 g/mol. The number of anilines is 2. The first-order valence-corrected chi connectivity index (χ1v) is 4.84. The molecule has 1 atom stereocenters. The van der Waals surface area contributed by atoms with Gasteiger partial charge >= 0.3 is 0 Å². The van der Waals surface area contributed by atoms with Crippen LogP contribution in [0.4, 0.5) is 11.6 Å². The van der Waals surface area contributed by atoms with E-state index in [1.165, 1.54) is 13.4 Å². The molecule has 90 valence electrons. The highest BCUT2D eigenvalue weighted by molar-refractivity contribution is 5.63. The summed E-state index contributed by atoms with van der Waals surface area (Å²) in [5.41, 5.74) is 2.44. The zero-order valence-electron chi connectivity index (χ0n) is 9.65. The van der Waals surface area contributed by atoms with Crippen molar-refractivity contribution in [3.63, 3.8) is 0 Å². The first-order chi connectivity index (χ1) is 7.72. The number of hydrazine groups is 1. The molecule has 1 heterocycles. The first kappa shape index (κ1) is 12.5. The van der Waals surface area contributed by atoms with Crippen LogP contribution in [0.25, 0.3) is 0 Å². The van der Waals surface area contributed by atoms with Gasteiger partial charge in [-0.05, 0) is 6.92 Å². The minimum Gasteiger partial charge on any atom is -0.490 e. The van der Waals surface area contributed by atoms with Crippen LogP contribution < -0.4 is 21.3 Å². The van der Waals surface area contributed by atoms with E-state index >= 15 is 0 Å². The molecule has 0 aromatic carbocycles. The van der Waals surface area contributed by atoms with Crippen LogP contribution in [-0.4, -0.2) is 36.8 Å². The van der Waals surface area contributed by atoms with Crippen molar-refractivity contribution >= 4 is 11.6 Å². The summed E-state index contributed by atoms with van der Waals surface area (Å²) < 4.78 is 10.2. The molecule has 4 N–H and O–H groups in total. The topological polar surface area (TPSA) is 94.3 Å². The monoisotopic (exact) mass is 227 g/mol. The summed E-state index contributed by atoms with van der Waals surface area (Å²) in [5, 5.41) is 3.14. The minimum atomic E-state index is 0.111. The number of rotatable bonds is 6. The lowest BCUT2D eigenvalue weighted by atomic mass is 10.3. The maximum atomic E-state index is 5.31. The zero-order valence-corrected chi connectivity index (χ0v) is 9.65. The Morgan fingerprint density at radius 3 is 2.62 bits per heavy atom. The molecule has 0 amide bonds. The number of methoxy groups -OCH3 is 2. The van der Waals surface area contributed by atoms with Gasteiger partial charge in [0.05, 0.1) is 13.7 Å². The van der Waals surface area contributed by atoms with Crippen LogP contribution in [0.2, 0.25) is 0 Å². The molecule has 0 aliphatic carbocycles. The van der Waals surface area contributed by atoms with E-state index in [9.17, 15) is 0 Å². The number of aromatic nitrogens is 2. The molecule has 1 rings (SSSR count). The average molecular weight is 227 g/mol. The number of ether oxygens (including phenoxy) is 2. The van der Waals surface area contributed by atoms with Crippen molar-refractivity contribution in [1.29, 1.82) is 0 Å². The van der Waals surface area contributed by atoms with E-state index < -0.39 is 0 Å². The quantitative estimate of drug-likeness (QED) is 0.472. The van der Waals surface area contributed by atoms with Gasteiger partial charge in [0.15, 0.2) is 11.6 Å². The van der Waals surface area contributed by atoms with Crippen LogP contribution >= 0.6 is 0 Å². The Bertz CT molecular complexity index is 334. The fourth-order valence-corrected chi connectivity index (χ4v) is 1.30. The number of hydrogen-bond acceptors (Lipinski definition) is 7. The zero-order chi connectivity index (χ0) is 12.0. The Hall–Kier alpha value is -1.60. The SMILES string of the molecule is COCC(C)Nc1ncnc(NN)c1OC. The Morgan fingerprint density at radius 2 is 2.06 bits per heavy atom. The van der Waals surface area contributed by atoms with Crippen LogP contribution in [0.1, 0.15) is 6.92 Å². The van der Waals surface area contributed by atoms with Gasteiger partial charge in [0, 0.05) is 13.2 Å². The minimum absolute atomic E-state index is 0.111. The summed E-state index contributed by atoms with van der Waals surface area (Å²) in [7, 11) is 3.17. The van der Waals surface area contributed by atoms with Gasteiger partial charge in [0.2, 0.25) is 5.75 Å². The van der Waals surface area contributed by atoms with Gasteiger partial charge < -0.3 is 20.2 Å². The Morgan fingerprint density at radius 1 is 1.38 bits per heavy atom. The second-order valence-electron chi connectivity index (χ2n) is 3.25. The second kappa shape index (κ2) is 6.09. The standard InChI is InChI=1S/C9H17N5O2/c1-6(4-15-2)13-8-7(16-3)9(14-10)12-5-11-8/h5-6H,4,10H2,1-3H3,(H2,11,12,13,14). The number of nitrogens with two attached hydrogens (primary N) is 1. The molecule has 0 saturated heterocycles. The Labute approximate surface area is 94.3 Å². The van der Waals surface area contributed by atoms with Crippen LogP contribution in [-0.2, 0) is 4.74 Å². The highest BCUT2D eigenvalue weighted by atomic mass is 16.5. The van der Waals surface area contributed by atoms with Gasteiger partial charge in [0.25, 0.3) is 0 Å². The molecule has 0 fully saturated rings. The molecule has 7 nitrogen and oxygen atoms in total. The molecule has 1 unspecified atom stereocenters. The third-order valence-electron chi connectivity index (χ3n) is 1.94. The normalized spacial score (nSPS) is 12.0. The Balaban J connectivity index is 2.86. The van der Waals surface area contributed by atoms with Crippen molar-refractivity contribution in [3.8, 4) is 5.75 Å². The third kappa shape index (κ3) is 2.94. The summed E-state index contributed by atoms with van der Waals surface area (Å²) in [6.07, 6.45) is 1.40. The first-order valence-electron chi connectivity index (χ1n) is 4.84. The molecule has 0 radical (unpaired) electrons. The summed E-state index contributed by atoms with van der Waals surface area (Å²) in [5.74, 6) is 6.80. The van der Waals surface area contributed by atoms with Crippen molar-refractivity contribution in [1.82, 2.24) is 9.97 Å². The van der Waals surface area contributed by atoms with Crippen LogP contribution in [0.5, 0.6) is 5.75 Å². The molecule has 0 spiro atoms.